The highest BCUT2D eigenvalue weighted by atomic mass is 16.2. The van der Waals surface area contributed by atoms with Crippen LogP contribution in [0.5, 0.6) is 0 Å². The van der Waals surface area contributed by atoms with Crippen LogP contribution in [0.25, 0.3) is 16.9 Å². The van der Waals surface area contributed by atoms with Crippen LogP contribution in [0, 0.1) is 0 Å². The molecule has 1 aliphatic heterocycles. The first-order valence-corrected chi connectivity index (χ1v) is 10.5. The lowest BCUT2D eigenvalue weighted by atomic mass is 10.1. The van der Waals surface area contributed by atoms with Gasteiger partial charge in [-0.15, -0.1) is 0 Å². The summed E-state index contributed by atoms with van der Waals surface area (Å²) in [5.41, 5.74) is 4.87. The van der Waals surface area contributed by atoms with Crippen molar-refractivity contribution < 1.29 is 4.79 Å². The molecule has 1 saturated heterocycles. The molecule has 0 bridgehead atoms. The molecule has 1 fully saturated rings. The molecule has 1 amide bonds. The van der Waals surface area contributed by atoms with E-state index >= 15 is 0 Å². The Hall–Kier alpha value is -3.71. The molecule has 4 heterocycles. The number of H-pyrrole nitrogens is 1. The zero-order valence-electron chi connectivity index (χ0n) is 17.2. The number of amides is 1. The van der Waals surface area contributed by atoms with Crippen LogP contribution in [-0.2, 0) is 6.54 Å². The second kappa shape index (κ2) is 8.57. The van der Waals surface area contributed by atoms with Crippen molar-refractivity contribution in [3.05, 3.63) is 90.6 Å². The first-order valence-electron chi connectivity index (χ1n) is 10.5. The average Bonchev–Trinajstić information content (AvgIpc) is 3.51. The molecule has 1 aromatic carbocycles. The zero-order valence-corrected chi connectivity index (χ0v) is 17.2. The Morgan fingerprint density at radius 2 is 1.71 bits per heavy atom. The van der Waals surface area contributed by atoms with E-state index in [-0.39, 0.29) is 5.91 Å². The minimum Gasteiger partial charge on any atom is -0.357 e. The number of benzene rings is 1. The van der Waals surface area contributed by atoms with Gasteiger partial charge in [0.1, 0.15) is 5.69 Å². The van der Waals surface area contributed by atoms with E-state index in [1.54, 1.807) is 18.6 Å². The maximum Gasteiger partial charge on any atom is 0.270 e. The fourth-order valence-electron chi connectivity index (χ4n) is 3.97. The lowest BCUT2D eigenvalue weighted by Crippen LogP contribution is -2.48. The van der Waals surface area contributed by atoms with Gasteiger partial charge in [-0.05, 0) is 36.4 Å². The number of hydrogen-bond acceptors (Lipinski definition) is 4. The van der Waals surface area contributed by atoms with Crippen molar-refractivity contribution in [2.45, 2.75) is 6.54 Å². The molecule has 5 rings (SSSR count). The number of pyridine rings is 1. The Kier molecular flexibility index (Phi) is 5.33. The third-order valence-electron chi connectivity index (χ3n) is 5.65. The fraction of sp³-hybridized carbons (Fsp3) is 0.208. The Balaban J connectivity index is 1.34. The van der Waals surface area contributed by atoms with E-state index in [2.05, 4.69) is 33.2 Å². The molecular weight excluding hydrogens is 388 g/mol. The third-order valence-corrected chi connectivity index (χ3v) is 5.65. The van der Waals surface area contributed by atoms with Crippen molar-refractivity contribution in [2.75, 3.05) is 26.2 Å². The van der Waals surface area contributed by atoms with Crippen LogP contribution in [-0.4, -0.2) is 61.6 Å². The van der Waals surface area contributed by atoms with Crippen LogP contribution >= 0.6 is 0 Å². The quantitative estimate of drug-likeness (QED) is 0.546. The Morgan fingerprint density at radius 3 is 2.42 bits per heavy atom. The van der Waals surface area contributed by atoms with Gasteiger partial charge in [-0.1, -0.05) is 18.2 Å². The molecule has 0 saturated carbocycles. The number of aromatic amines is 1. The van der Waals surface area contributed by atoms with Gasteiger partial charge in [0.05, 0.1) is 11.4 Å². The van der Waals surface area contributed by atoms with Crippen LogP contribution in [0.2, 0.25) is 0 Å². The van der Waals surface area contributed by atoms with Gasteiger partial charge in [0.15, 0.2) is 0 Å². The number of hydrogen-bond donors (Lipinski definition) is 1. The molecule has 4 aromatic rings. The maximum atomic E-state index is 12.6. The maximum absolute atomic E-state index is 12.6. The van der Waals surface area contributed by atoms with E-state index in [0.29, 0.717) is 5.69 Å². The predicted molar refractivity (Wildman–Crippen MR) is 119 cm³/mol. The fourth-order valence-corrected chi connectivity index (χ4v) is 3.97. The van der Waals surface area contributed by atoms with Gasteiger partial charge in [-0.3, -0.25) is 14.7 Å². The van der Waals surface area contributed by atoms with Crippen LogP contribution in [0.1, 0.15) is 16.1 Å². The van der Waals surface area contributed by atoms with Crippen molar-refractivity contribution in [3.8, 4) is 16.9 Å². The summed E-state index contributed by atoms with van der Waals surface area (Å²) in [6.45, 7) is 3.89. The Bertz CT molecular complexity index is 1130. The molecular formula is C24H24N6O. The number of aromatic nitrogens is 4. The minimum absolute atomic E-state index is 0.0685. The molecule has 156 valence electrons. The van der Waals surface area contributed by atoms with E-state index in [0.717, 1.165) is 49.7 Å². The number of carbonyl (C=O) groups is 1. The summed E-state index contributed by atoms with van der Waals surface area (Å²) in [4.78, 5) is 24.0. The second-order valence-electron chi connectivity index (χ2n) is 7.67. The van der Waals surface area contributed by atoms with Gasteiger partial charge in [0, 0.05) is 68.6 Å². The minimum atomic E-state index is 0.0685. The van der Waals surface area contributed by atoms with Crippen molar-refractivity contribution in [2.24, 2.45) is 0 Å². The Morgan fingerprint density at radius 1 is 0.935 bits per heavy atom. The average molecular weight is 412 g/mol. The van der Waals surface area contributed by atoms with Gasteiger partial charge in [-0.2, -0.15) is 5.10 Å². The predicted octanol–water partition coefficient (Wildman–Crippen LogP) is 3.22. The molecule has 3 aromatic heterocycles. The number of para-hydroxylation sites is 1. The number of carbonyl (C=O) groups excluding carboxylic acids is 1. The van der Waals surface area contributed by atoms with Gasteiger partial charge in [0.25, 0.3) is 5.91 Å². The van der Waals surface area contributed by atoms with Crippen molar-refractivity contribution in [3.63, 3.8) is 0 Å². The van der Waals surface area contributed by atoms with Crippen LogP contribution in [0.3, 0.4) is 0 Å². The highest BCUT2D eigenvalue weighted by molar-refractivity contribution is 5.92. The normalized spacial score (nSPS) is 14.6. The highest BCUT2D eigenvalue weighted by Gasteiger charge is 2.24. The summed E-state index contributed by atoms with van der Waals surface area (Å²) in [7, 11) is 0. The van der Waals surface area contributed by atoms with E-state index in [9.17, 15) is 4.79 Å². The Labute approximate surface area is 181 Å². The standard InChI is InChI=1S/C24H24N6O/c31-24(22-7-4-10-26-22)29-15-13-28(14-16-29)17-20-18-30(21-5-2-1-3-6-21)27-23(20)19-8-11-25-12-9-19/h1-12,18,26H,13-17H2. The first-order chi connectivity index (χ1) is 15.3. The van der Waals surface area contributed by atoms with Crippen molar-refractivity contribution in [1.29, 1.82) is 0 Å². The molecule has 1 aliphatic rings. The molecule has 0 atom stereocenters. The summed E-state index contributed by atoms with van der Waals surface area (Å²) in [6.07, 6.45) is 7.49. The van der Waals surface area contributed by atoms with E-state index < -0.39 is 0 Å². The summed E-state index contributed by atoms with van der Waals surface area (Å²) >= 11 is 0. The smallest absolute Gasteiger partial charge is 0.270 e. The molecule has 31 heavy (non-hydrogen) atoms. The van der Waals surface area contributed by atoms with Crippen LogP contribution < -0.4 is 0 Å². The summed E-state index contributed by atoms with van der Waals surface area (Å²) in [6, 6.07) is 17.8. The molecule has 1 N–H and O–H groups in total. The highest BCUT2D eigenvalue weighted by Crippen LogP contribution is 2.25. The molecule has 0 spiro atoms. The van der Waals surface area contributed by atoms with Gasteiger partial charge in [0.2, 0.25) is 0 Å². The van der Waals surface area contributed by atoms with E-state index in [1.807, 2.05) is 52.0 Å². The lowest BCUT2D eigenvalue weighted by Gasteiger charge is -2.34. The molecule has 0 unspecified atom stereocenters. The van der Waals surface area contributed by atoms with E-state index in [4.69, 9.17) is 5.10 Å². The van der Waals surface area contributed by atoms with Crippen molar-refractivity contribution in [1.82, 2.24) is 29.5 Å². The number of rotatable bonds is 5. The molecule has 7 heteroatoms. The van der Waals surface area contributed by atoms with Gasteiger partial charge >= 0.3 is 0 Å². The van der Waals surface area contributed by atoms with E-state index in [1.165, 1.54) is 5.56 Å². The first kappa shape index (κ1) is 19.3. The van der Waals surface area contributed by atoms with Crippen LogP contribution in [0.15, 0.2) is 79.4 Å². The van der Waals surface area contributed by atoms with Gasteiger partial charge < -0.3 is 9.88 Å². The number of piperazine rings is 1. The number of nitrogens with zero attached hydrogens (tertiary/aromatic N) is 5. The second-order valence-corrected chi connectivity index (χ2v) is 7.67. The summed E-state index contributed by atoms with van der Waals surface area (Å²) in [5.74, 6) is 0.0685. The van der Waals surface area contributed by atoms with Crippen molar-refractivity contribution >= 4 is 5.91 Å². The SMILES string of the molecule is O=C(c1ccc[nH]1)N1CCN(Cc2cn(-c3ccccc3)nc2-c2ccncc2)CC1. The largest absolute Gasteiger partial charge is 0.357 e. The number of nitrogens with one attached hydrogen (secondary N) is 1. The summed E-state index contributed by atoms with van der Waals surface area (Å²) in [5, 5.41) is 4.89. The molecule has 0 radical (unpaired) electrons. The topological polar surface area (TPSA) is 70.1 Å². The summed E-state index contributed by atoms with van der Waals surface area (Å²) < 4.78 is 1.94. The lowest BCUT2D eigenvalue weighted by molar-refractivity contribution is 0.0623. The van der Waals surface area contributed by atoms with Gasteiger partial charge in [-0.25, -0.2) is 4.68 Å². The monoisotopic (exact) mass is 412 g/mol. The molecule has 7 nitrogen and oxygen atoms in total. The molecule has 0 aliphatic carbocycles. The third kappa shape index (κ3) is 4.13. The van der Waals surface area contributed by atoms with Crippen LogP contribution in [0.4, 0.5) is 0 Å². The zero-order chi connectivity index (χ0) is 21.0.